The molecule has 1 aromatic carbocycles. The third-order valence-corrected chi connectivity index (χ3v) is 3.34. The van der Waals surface area contributed by atoms with Gasteiger partial charge in [0.25, 0.3) is 0 Å². The van der Waals surface area contributed by atoms with E-state index in [4.69, 9.17) is 5.73 Å². The molecule has 0 fully saturated rings. The first-order valence-corrected chi connectivity index (χ1v) is 5.41. The van der Waals surface area contributed by atoms with Crippen LogP contribution >= 0.6 is 11.3 Å². The van der Waals surface area contributed by atoms with Gasteiger partial charge in [-0.1, -0.05) is 6.07 Å². The molecule has 14 heavy (non-hydrogen) atoms. The molecular weight excluding hydrogens is 190 g/mol. The molecule has 0 spiro atoms. The zero-order chi connectivity index (χ0) is 10.1. The Balaban J connectivity index is 2.47. The van der Waals surface area contributed by atoms with Crippen LogP contribution in [0.3, 0.4) is 0 Å². The summed E-state index contributed by atoms with van der Waals surface area (Å²) in [7, 11) is 0. The van der Waals surface area contributed by atoms with Crippen LogP contribution in [-0.2, 0) is 0 Å². The van der Waals surface area contributed by atoms with Crippen LogP contribution in [0, 0.1) is 13.8 Å². The Bertz CT molecular complexity index is 457. The van der Waals surface area contributed by atoms with E-state index in [1.807, 2.05) is 24.3 Å². The summed E-state index contributed by atoms with van der Waals surface area (Å²) in [5.41, 5.74) is 9.04. The van der Waals surface area contributed by atoms with Gasteiger partial charge < -0.3 is 5.73 Å². The van der Waals surface area contributed by atoms with E-state index in [0.717, 1.165) is 11.3 Å². The number of hydrogen-bond donors (Lipinski definition) is 1. The van der Waals surface area contributed by atoms with Gasteiger partial charge in [0.15, 0.2) is 0 Å². The molecule has 0 saturated carbocycles. The first-order valence-electron chi connectivity index (χ1n) is 4.60. The molecule has 2 heteroatoms. The van der Waals surface area contributed by atoms with E-state index in [9.17, 15) is 0 Å². The van der Waals surface area contributed by atoms with E-state index >= 15 is 0 Å². The number of anilines is 1. The number of benzene rings is 1. The number of nitrogen functional groups attached to an aromatic ring is 1. The van der Waals surface area contributed by atoms with Gasteiger partial charge in [0.05, 0.1) is 0 Å². The second kappa shape index (κ2) is 3.46. The topological polar surface area (TPSA) is 26.0 Å². The molecule has 0 amide bonds. The van der Waals surface area contributed by atoms with Crippen LogP contribution in [0.15, 0.2) is 30.3 Å². The smallest absolute Gasteiger partial charge is 0.0345 e. The van der Waals surface area contributed by atoms with Crippen LogP contribution in [-0.4, -0.2) is 0 Å². The minimum Gasteiger partial charge on any atom is -0.399 e. The summed E-state index contributed by atoms with van der Waals surface area (Å²) in [6, 6.07) is 10.5. The summed E-state index contributed by atoms with van der Waals surface area (Å²) in [6.07, 6.45) is 0. The first kappa shape index (κ1) is 9.28. The predicted octanol–water partition coefficient (Wildman–Crippen LogP) is 3.61. The summed E-state index contributed by atoms with van der Waals surface area (Å²) in [4.78, 5) is 2.65. The summed E-state index contributed by atoms with van der Waals surface area (Å²) in [5.74, 6) is 0. The van der Waals surface area contributed by atoms with Crippen molar-refractivity contribution >= 4 is 17.0 Å². The van der Waals surface area contributed by atoms with Gasteiger partial charge >= 0.3 is 0 Å². The zero-order valence-corrected chi connectivity index (χ0v) is 9.19. The Morgan fingerprint density at radius 1 is 1.07 bits per heavy atom. The van der Waals surface area contributed by atoms with Crippen LogP contribution in [0.5, 0.6) is 0 Å². The summed E-state index contributed by atoms with van der Waals surface area (Å²) in [6.45, 7) is 4.16. The van der Waals surface area contributed by atoms with E-state index in [2.05, 4.69) is 31.2 Å². The van der Waals surface area contributed by atoms with Crippen LogP contribution in [0.4, 0.5) is 5.69 Å². The number of thiophene rings is 1. The predicted molar refractivity (Wildman–Crippen MR) is 63.6 cm³/mol. The van der Waals surface area contributed by atoms with E-state index < -0.39 is 0 Å². The first-order chi connectivity index (χ1) is 6.66. The van der Waals surface area contributed by atoms with Crippen molar-refractivity contribution in [1.82, 2.24) is 0 Å². The maximum absolute atomic E-state index is 5.78. The summed E-state index contributed by atoms with van der Waals surface area (Å²) < 4.78 is 0. The SMILES string of the molecule is Cc1ccc(-c2ccc(N)c(C)c2)s1. The number of aryl methyl sites for hydroxylation is 2. The average Bonchev–Trinajstić information content (AvgIpc) is 2.57. The van der Waals surface area contributed by atoms with Gasteiger partial charge in [0.1, 0.15) is 0 Å². The molecule has 0 aliphatic rings. The van der Waals surface area contributed by atoms with Crippen molar-refractivity contribution in [3.63, 3.8) is 0 Å². The molecule has 0 bridgehead atoms. The molecule has 2 aromatic rings. The third-order valence-electron chi connectivity index (χ3n) is 2.29. The van der Waals surface area contributed by atoms with Crippen LogP contribution < -0.4 is 5.73 Å². The van der Waals surface area contributed by atoms with Crippen LogP contribution in [0.25, 0.3) is 10.4 Å². The molecule has 0 unspecified atom stereocenters. The van der Waals surface area contributed by atoms with Gasteiger partial charge in [-0.2, -0.15) is 0 Å². The Morgan fingerprint density at radius 3 is 2.43 bits per heavy atom. The molecule has 0 aliphatic heterocycles. The second-order valence-corrected chi connectivity index (χ2v) is 4.77. The van der Waals surface area contributed by atoms with Crippen molar-refractivity contribution < 1.29 is 0 Å². The largest absolute Gasteiger partial charge is 0.399 e. The third kappa shape index (κ3) is 1.66. The maximum Gasteiger partial charge on any atom is 0.0345 e. The van der Waals surface area contributed by atoms with Crippen molar-refractivity contribution in [1.29, 1.82) is 0 Å². The normalized spacial score (nSPS) is 10.4. The van der Waals surface area contributed by atoms with Crippen molar-refractivity contribution in [3.05, 3.63) is 40.8 Å². The Morgan fingerprint density at radius 2 is 1.86 bits per heavy atom. The van der Waals surface area contributed by atoms with Crippen molar-refractivity contribution in [3.8, 4) is 10.4 Å². The molecule has 1 nitrogen and oxygen atoms in total. The van der Waals surface area contributed by atoms with Crippen LogP contribution in [0.2, 0.25) is 0 Å². The minimum absolute atomic E-state index is 0.863. The highest BCUT2D eigenvalue weighted by atomic mass is 32.1. The molecule has 72 valence electrons. The lowest BCUT2D eigenvalue weighted by Gasteiger charge is -2.02. The molecule has 0 atom stereocenters. The van der Waals surface area contributed by atoms with Gasteiger partial charge in [-0.3, -0.25) is 0 Å². The van der Waals surface area contributed by atoms with E-state index in [1.54, 1.807) is 0 Å². The monoisotopic (exact) mass is 203 g/mol. The second-order valence-electron chi connectivity index (χ2n) is 3.48. The van der Waals surface area contributed by atoms with Gasteiger partial charge in [-0.05, 0) is 49.2 Å². The van der Waals surface area contributed by atoms with Gasteiger partial charge in [0.2, 0.25) is 0 Å². The molecule has 1 heterocycles. The average molecular weight is 203 g/mol. The molecule has 0 saturated heterocycles. The van der Waals surface area contributed by atoms with Crippen molar-refractivity contribution in [2.45, 2.75) is 13.8 Å². The van der Waals surface area contributed by atoms with Gasteiger partial charge in [0, 0.05) is 15.4 Å². The van der Waals surface area contributed by atoms with Crippen molar-refractivity contribution in [2.75, 3.05) is 5.73 Å². The molecule has 1 aromatic heterocycles. The maximum atomic E-state index is 5.78. The summed E-state index contributed by atoms with van der Waals surface area (Å²) >= 11 is 1.81. The Hall–Kier alpha value is -1.28. The van der Waals surface area contributed by atoms with Gasteiger partial charge in [-0.15, -0.1) is 11.3 Å². The highest BCUT2D eigenvalue weighted by Gasteiger charge is 2.01. The fourth-order valence-corrected chi connectivity index (χ4v) is 2.28. The van der Waals surface area contributed by atoms with Crippen LogP contribution in [0.1, 0.15) is 10.4 Å². The van der Waals surface area contributed by atoms with Crippen molar-refractivity contribution in [2.24, 2.45) is 0 Å². The molecule has 2 rings (SSSR count). The quantitative estimate of drug-likeness (QED) is 0.704. The van der Waals surface area contributed by atoms with E-state index in [0.29, 0.717) is 0 Å². The standard InChI is InChI=1S/C12H13NS/c1-8-7-10(4-5-11(8)13)12-6-3-9(2)14-12/h3-7H,13H2,1-2H3. The fourth-order valence-electron chi connectivity index (χ4n) is 1.42. The number of nitrogens with two attached hydrogens (primary N) is 1. The molecule has 2 N–H and O–H groups in total. The Kier molecular flexibility index (Phi) is 2.30. The highest BCUT2D eigenvalue weighted by Crippen LogP contribution is 2.29. The minimum atomic E-state index is 0.863. The molecular formula is C12H13NS. The fraction of sp³-hybridized carbons (Fsp3) is 0.167. The lowest BCUT2D eigenvalue weighted by atomic mass is 10.1. The number of rotatable bonds is 1. The lowest BCUT2D eigenvalue weighted by molar-refractivity contribution is 1.47. The highest BCUT2D eigenvalue weighted by molar-refractivity contribution is 7.15. The lowest BCUT2D eigenvalue weighted by Crippen LogP contribution is -1.88. The van der Waals surface area contributed by atoms with E-state index in [1.165, 1.54) is 15.3 Å². The Labute approximate surface area is 88.2 Å². The molecule has 0 aliphatic carbocycles. The number of hydrogen-bond acceptors (Lipinski definition) is 2. The van der Waals surface area contributed by atoms with E-state index in [-0.39, 0.29) is 0 Å². The molecule has 0 radical (unpaired) electrons. The van der Waals surface area contributed by atoms with Gasteiger partial charge in [-0.25, -0.2) is 0 Å². The summed E-state index contributed by atoms with van der Waals surface area (Å²) in [5, 5.41) is 0. The zero-order valence-electron chi connectivity index (χ0n) is 8.37.